The average molecular weight is 359 g/mol. The third-order valence-electron chi connectivity index (χ3n) is 3.84. The van der Waals surface area contributed by atoms with Gasteiger partial charge < -0.3 is 5.11 Å². The third kappa shape index (κ3) is 3.44. The summed E-state index contributed by atoms with van der Waals surface area (Å²) in [6, 6.07) is 11.5. The number of benzene rings is 3. The van der Waals surface area contributed by atoms with Crippen molar-refractivity contribution in [1.82, 2.24) is 0 Å². The summed E-state index contributed by atoms with van der Waals surface area (Å²) in [6.07, 6.45) is 0. The van der Waals surface area contributed by atoms with Gasteiger partial charge in [-0.25, -0.2) is 22.6 Å². The number of aromatic hydroxyl groups is 1. The number of aliphatic imine (C=N–C) groups is 1. The molecular formula is C20H13F4NO. The van der Waals surface area contributed by atoms with Crippen LogP contribution in [0, 0.1) is 23.3 Å². The van der Waals surface area contributed by atoms with Crippen molar-refractivity contribution in [1.29, 1.82) is 0 Å². The Kier molecular flexibility index (Phi) is 4.75. The van der Waals surface area contributed by atoms with Crippen molar-refractivity contribution in [2.45, 2.75) is 6.92 Å². The number of nitrogens with zero attached hydrogens (tertiary/aromatic N) is 1. The van der Waals surface area contributed by atoms with E-state index in [0.29, 0.717) is 11.1 Å². The van der Waals surface area contributed by atoms with E-state index in [9.17, 15) is 22.7 Å². The highest BCUT2D eigenvalue weighted by Gasteiger charge is 2.15. The molecule has 0 aliphatic heterocycles. The van der Waals surface area contributed by atoms with Crippen LogP contribution in [0.5, 0.6) is 5.75 Å². The van der Waals surface area contributed by atoms with Crippen LogP contribution in [0.25, 0.3) is 11.1 Å². The number of halogens is 4. The maximum absolute atomic E-state index is 14.2. The highest BCUT2D eigenvalue weighted by molar-refractivity contribution is 6.01. The first kappa shape index (κ1) is 17.7. The second-order valence-electron chi connectivity index (χ2n) is 5.63. The molecule has 3 aromatic carbocycles. The van der Waals surface area contributed by atoms with E-state index in [1.54, 1.807) is 6.07 Å². The van der Waals surface area contributed by atoms with Gasteiger partial charge in [0, 0.05) is 11.3 Å². The molecule has 0 fully saturated rings. The molecular weight excluding hydrogens is 346 g/mol. The molecule has 0 saturated heterocycles. The summed E-state index contributed by atoms with van der Waals surface area (Å²) in [7, 11) is 0. The van der Waals surface area contributed by atoms with E-state index < -0.39 is 34.7 Å². The first-order valence-electron chi connectivity index (χ1n) is 7.65. The van der Waals surface area contributed by atoms with E-state index >= 15 is 0 Å². The molecule has 132 valence electrons. The molecule has 0 radical (unpaired) electrons. The maximum atomic E-state index is 14.2. The van der Waals surface area contributed by atoms with Gasteiger partial charge in [0.15, 0.2) is 17.4 Å². The standard InChI is InChI=1S/C20H13F4NO/c1-11(25-20-17(23)7-8-18(26)19(20)24)15-10-13(5-6-16(15)22)12-3-2-4-14(21)9-12/h2-10,26H,1H3/b25-11+. The summed E-state index contributed by atoms with van der Waals surface area (Å²) < 4.78 is 55.3. The van der Waals surface area contributed by atoms with Gasteiger partial charge in [-0.2, -0.15) is 0 Å². The van der Waals surface area contributed by atoms with E-state index in [4.69, 9.17) is 0 Å². The van der Waals surface area contributed by atoms with Crippen molar-refractivity contribution < 1.29 is 22.7 Å². The normalized spacial score (nSPS) is 11.7. The molecule has 0 aliphatic rings. The quantitative estimate of drug-likeness (QED) is 0.468. The molecule has 0 spiro atoms. The van der Waals surface area contributed by atoms with Gasteiger partial charge in [0.2, 0.25) is 0 Å². The fraction of sp³-hybridized carbons (Fsp3) is 0.0500. The summed E-state index contributed by atoms with van der Waals surface area (Å²) in [5.41, 5.74) is 0.345. The summed E-state index contributed by atoms with van der Waals surface area (Å²) in [6.45, 7) is 1.39. The van der Waals surface area contributed by atoms with Crippen LogP contribution in [-0.4, -0.2) is 10.8 Å². The van der Waals surface area contributed by atoms with Gasteiger partial charge in [-0.05, 0) is 54.4 Å². The molecule has 0 atom stereocenters. The predicted molar refractivity (Wildman–Crippen MR) is 91.7 cm³/mol. The van der Waals surface area contributed by atoms with Crippen LogP contribution >= 0.6 is 0 Å². The number of hydrogen-bond acceptors (Lipinski definition) is 2. The molecule has 0 aromatic heterocycles. The number of phenols is 1. The van der Waals surface area contributed by atoms with Crippen molar-refractivity contribution in [3.8, 4) is 16.9 Å². The minimum atomic E-state index is -1.23. The number of rotatable bonds is 3. The monoisotopic (exact) mass is 359 g/mol. The molecule has 2 nitrogen and oxygen atoms in total. The van der Waals surface area contributed by atoms with Gasteiger partial charge in [0.05, 0.1) is 0 Å². The molecule has 6 heteroatoms. The first-order chi connectivity index (χ1) is 12.4. The van der Waals surface area contributed by atoms with Gasteiger partial charge in [0.1, 0.15) is 17.3 Å². The Labute approximate surface area is 147 Å². The lowest BCUT2D eigenvalue weighted by atomic mass is 10.0. The van der Waals surface area contributed by atoms with Crippen LogP contribution in [0.2, 0.25) is 0 Å². The van der Waals surface area contributed by atoms with E-state index in [1.165, 1.54) is 43.3 Å². The summed E-state index contributed by atoms with van der Waals surface area (Å²) in [4.78, 5) is 3.79. The molecule has 0 amide bonds. The SMILES string of the molecule is C/C(=N\c1c(F)ccc(O)c1F)c1cc(-c2cccc(F)c2)ccc1F. The highest BCUT2D eigenvalue weighted by atomic mass is 19.1. The zero-order valence-corrected chi connectivity index (χ0v) is 13.6. The van der Waals surface area contributed by atoms with Crippen LogP contribution in [0.15, 0.2) is 59.6 Å². The highest BCUT2D eigenvalue weighted by Crippen LogP contribution is 2.30. The van der Waals surface area contributed by atoms with Gasteiger partial charge >= 0.3 is 0 Å². The molecule has 1 N–H and O–H groups in total. The lowest BCUT2D eigenvalue weighted by Crippen LogP contribution is -2.00. The molecule has 0 heterocycles. The summed E-state index contributed by atoms with van der Waals surface area (Å²) in [5.74, 6) is -4.06. The minimum absolute atomic E-state index is 0.00385. The Morgan fingerprint density at radius 1 is 0.846 bits per heavy atom. The molecule has 0 unspecified atom stereocenters. The topological polar surface area (TPSA) is 32.6 Å². The Morgan fingerprint density at radius 2 is 1.54 bits per heavy atom. The molecule has 0 saturated carbocycles. The van der Waals surface area contributed by atoms with E-state index in [-0.39, 0.29) is 11.3 Å². The van der Waals surface area contributed by atoms with Crippen molar-refractivity contribution in [2.75, 3.05) is 0 Å². The van der Waals surface area contributed by atoms with Crippen molar-refractivity contribution >= 4 is 11.4 Å². The fourth-order valence-corrected chi connectivity index (χ4v) is 2.51. The molecule has 26 heavy (non-hydrogen) atoms. The van der Waals surface area contributed by atoms with Crippen molar-refractivity contribution in [2.24, 2.45) is 4.99 Å². The van der Waals surface area contributed by atoms with Gasteiger partial charge in [0.25, 0.3) is 0 Å². The van der Waals surface area contributed by atoms with E-state index in [0.717, 1.165) is 12.1 Å². The molecule has 0 aliphatic carbocycles. The Balaban J connectivity index is 2.09. The third-order valence-corrected chi connectivity index (χ3v) is 3.84. The second kappa shape index (κ2) is 7.00. The minimum Gasteiger partial charge on any atom is -0.505 e. The van der Waals surface area contributed by atoms with Crippen LogP contribution in [-0.2, 0) is 0 Å². The number of phenolic OH excluding ortho intramolecular Hbond substituents is 1. The summed E-state index contributed by atoms with van der Waals surface area (Å²) >= 11 is 0. The van der Waals surface area contributed by atoms with Crippen LogP contribution in [0.1, 0.15) is 12.5 Å². The second-order valence-corrected chi connectivity index (χ2v) is 5.63. The Hall–Kier alpha value is -3.15. The van der Waals surface area contributed by atoms with Crippen LogP contribution < -0.4 is 0 Å². The lowest BCUT2D eigenvalue weighted by Gasteiger charge is -2.09. The van der Waals surface area contributed by atoms with E-state index in [1.807, 2.05) is 0 Å². The molecule has 3 rings (SSSR count). The molecule has 0 bridgehead atoms. The average Bonchev–Trinajstić information content (AvgIpc) is 2.62. The first-order valence-corrected chi connectivity index (χ1v) is 7.65. The Bertz CT molecular complexity index is 1010. The predicted octanol–water partition coefficient (Wildman–Crippen LogP) is 5.76. The van der Waals surface area contributed by atoms with E-state index in [2.05, 4.69) is 4.99 Å². The van der Waals surface area contributed by atoms with Crippen molar-refractivity contribution in [3.05, 3.63) is 83.4 Å². The maximum Gasteiger partial charge on any atom is 0.193 e. The summed E-state index contributed by atoms with van der Waals surface area (Å²) in [5, 5.41) is 9.36. The largest absolute Gasteiger partial charge is 0.505 e. The zero-order chi connectivity index (χ0) is 18.8. The van der Waals surface area contributed by atoms with Crippen LogP contribution in [0.3, 0.4) is 0 Å². The van der Waals surface area contributed by atoms with Crippen molar-refractivity contribution in [3.63, 3.8) is 0 Å². The van der Waals surface area contributed by atoms with Crippen LogP contribution in [0.4, 0.5) is 23.2 Å². The fourth-order valence-electron chi connectivity index (χ4n) is 2.51. The van der Waals surface area contributed by atoms with Gasteiger partial charge in [-0.3, -0.25) is 0 Å². The Morgan fingerprint density at radius 3 is 2.27 bits per heavy atom. The molecule has 3 aromatic rings. The van der Waals surface area contributed by atoms with Gasteiger partial charge in [-0.1, -0.05) is 18.2 Å². The smallest absolute Gasteiger partial charge is 0.193 e. The zero-order valence-electron chi connectivity index (χ0n) is 13.6. The lowest BCUT2D eigenvalue weighted by molar-refractivity contribution is 0.429. The number of hydrogen-bond donors (Lipinski definition) is 1. The van der Waals surface area contributed by atoms with Gasteiger partial charge in [-0.15, -0.1) is 0 Å².